The van der Waals surface area contributed by atoms with Gasteiger partial charge in [-0.05, 0) is 57.6 Å². The van der Waals surface area contributed by atoms with Gasteiger partial charge in [-0.1, -0.05) is 95.1 Å². The van der Waals surface area contributed by atoms with Gasteiger partial charge in [0.05, 0.1) is 11.4 Å². The summed E-state index contributed by atoms with van der Waals surface area (Å²) in [5.41, 5.74) is 8.23. The minimum atomic E-state index is 0. The van der Waals surface area contributed by atoms with E-state index in [0.717, 1.165) is 34.4 Å². The molecule has 1 aliphatic rings. The lowest BCUT2D eigenvalue weighted by atomic mass is 9.82. The maximum Gasteiger partial charge on any atom is 0.0901 e. The van der Waals surface area contributed by atoms with Crippen molar-refractivity contribution in [2.75, 3.05) is 7.05 Å². The third kappa shape index (κ3) is 13.1. The standard InChI is InChI=1S/C25H36N2.C4H10.3H2S/c1-10-25(7,8)20(6)14-13-19(5)22-16-15-21(23(26)24(22)27-9)18(4)12-11-17(2)3;1-3-4-2;;;/h11-16,26H,10H2,1-9H3;3-4H2,1-2H3;3*1H2/b18-12+,19-13+,20-14+,26-23?,27-24?;;;;. The molecule has 2 nitrogen and oxygen atoms in total. The number of allylic oxidation sites excluding steroid dienone is 12. The van der Waals surface area contributed by atoms with Crippen LogP contribution in [0.4, 0.5) is 0 Å². The van der Waals surface area contributed by atoms with E-state index in [9.17, 15) is 0 Å². The molecular formula is C29H52N2S3. The van der Waals surface area contributed by atoms with E-state index in [0.29, 0.717) is 5.71 Å². The molecule has 0 spiro atoms. The fourth-order valence-corrected chi connectivity index (χ4v) is 2.70. The predicted octanol–water partition coefficient (Wildman–Crippen LogP) is 9.33. The largest absolute Gasteiger partial charge is 0.298 e. The van der Waals surface area contributed by atoms with Crippen LogP contribution in [0, 0.1) is 10.8 Å². The molecule has 1 N–H and O–H groups in total. The van der Waals surface area contributed by atoms with Gasteiger partial charge in [0, 0.05) is 18.2 Å². The minimum absolute atomic E-state index is 0. The molecule has 0 fully saturated rings. The lowest BCUT2D eigenvalue weighted by Gasteiger charge is -2.24. The van der Waals surface area contributed by atoms with E-state index in [1.54, 1.807) is 7.05 Å². The Bertz CT molecular complexity index is 843. The Morgan fingerprint density at radius 2 is 1.24 bits per heavy atom. The molecule has 0 atom stereocenters. The first-order valence-corrected chi connectivity index (χ1v) is 11.6. The first-order chi connectivity index (χ1) is 14.5. The van der Waals surface area contributed by atoms with Gasteiger partial charge in [0.1, 0.15) is 0 Å². The SMILES string of the molecule is CCC(C)(C)/C(C)=C/C=C(\C)C1=CC=C(/C(C)=C/C=C(C)C)C(=N)C1=NC.CCCC.S.S.S. The molecular weight excluding hydrogens is 473 g/mol. The highest BCUT2D eigenvalue weighted by Gasteiger charge is 2.22. The maximum absolute atomic E-state index is 8.64. The Morgan fingerprint density at radius 1 is 0.794 bits per heavy atom. The molecule has 0 unspecified atom stereocenters. The second-order valence-corrected chi connectivity index (χ2v) is 9.14. The van der Waals surface area contributed by atoms with Gasteiger partial charge < -0.3 is 0 Å². The van der Waals surface area contributed by atoms with E-state index in [1.807, 2.05) is 13.0 Å². The molecule has 196 valence electrons. The highest BCUT2D eigenvalue weighted by atomic mass is 32.1. The second-order valence-electron chi connectivity index (χ2n) is 9.14. The highest BCUT2D eigenvalue weighted by molar-refractivity contribution is 7.59. The Hall–Kier alpha value is -1.17. The number of nitrogens with zero attached hydrogens (tertiary/aromatic N) is 1. The molecule has 0 radical (unpaired) electrons. The molecule has 0 amide bonds. The van der Waals surface area contributed by atoms with Crippen LogP contribution < -0.4 is 0 Å². The summed E-state index contributed by atoms with van der Waals surface area (Å²) in [6.07, 6.45) is 16.4. The van der Waals surface area contributed by atoms with Crippen LogP contribution in [0.5, 0.6) is 0 Å². The van der Waals surface area contributed by atoms with Crippen LogP contribution >= 0.6 is 40.5 Å². The van der Waals surface area contributed by atoms with Crippen LogP contribution in [0.15, 0.2) is 74.9 Å². The summed E-state index contributed by atoms with van der Waals surface area (Å²) in [5.74, 6) is 0. The van der Waals surface area contributed by atoms with Gasteiger partial charge in [0.2, 0.25) is 0 Å². The van der Waals surface area contributed by atoms with Crippen molar-refractivity contribution < 1.29 is 0 Å². The van der Waals surface area contributed by atoms with Crippen LogP contribution in [0.1, 0.15) is 88.5 Å². The lowest BCUT2D eigenvalue weighted by molar-refractivity contribution is 0.429. The summed E-state index contributed by atoms with van der Waals surface area (Å²) >= 11 is 0. The Kier molecular flexibility index (Phi) is 23.6. The summed E-state index contributed by atoms with van der Waals surface area (Å²) < 4.78 is 0. The number of rotatable bonds is 7. The van der Waals surface area contributed by atoms with E-state index in [-0.39, 0.29) is 45.9 Å². The van der Waals surface area contributed by atoms with Gasteiger partial charge in [-0.25, -0.2) is 0 Å². The topological polar surface area (TPSA) is 36.2 Å². The van der Waals surface area contributed by atoms with Crippen molar-refractivity contribution in [1.29, 1.82) is 5.41 Å². The average molecular weight is 525 g/mol. The molecule has 0 aromatic rings. The molecule has 5 heteroatoms. The van der Waals surface area contributed by atoms with Crippen molar-refractivity contribution in [2.24, 2.45) is 10.4 Å². The van der Waals surface area contributed by atoms with Crippen LogP contribution in [-0.4, -0.2) is 18.5 Å². The third-order valence-corrected chi connectivity index (χ3v) is 5.95. The summed E-state index contributed by atoms with van der Waals surface area (Å²) in [5, 5.41) is 8.64. The zero-order chi connectivity index (χ0) is 24.2. The van der Waals surface area contributed by atoms with Gasteiger partial charge in [-0.3, -0.25) is 10.4 Å². The summed E-state index contributed by atoms with van der Waals surface area (Å²) in [4.78, 5) is 4.43. The van der Waals surface area contributed by atoms with Crippen molar-refractivity contribution in [3.05, 3.63) is 69.9 Å². The molecule has 34 heavy (non-hydrogen) atoms. The molecule has 0 aliphatic heterocycles. The Labute approximate surface area is 232 Å². The van der Waals surface area contributed by atoms with Crippen molar-refractivity contribution in [3.8, 4) is 0 Å². The van der Waals surface area contributed by atoms with Gasteiger partial charge in [-0.2, -0.15) is 40.5 Å². The first-order valence-electron chi connectivity index (χ1n) is 11.6. The molecule has 0 aromatic heterocycles. The molecule has 0 saturated carbocycles. The summed E-state index contributed by atoms with van der Waals surface area (Å²) in [7, 11) is 1.77. The quantitative estimate of drug-likeness (QED) is 0.254. The van der Waals surface area contributed by atoms with E-state index in [2.05, 4.69) is 97.7 Å². The maximum atomic E-state index is 8.64. The molecule has 0 saturated heterocycles. The smallest absolute Gasteiger partial charge is 0.0901 e. The van der Waals surface area contributed by atoms with Crippen molar-refractivity contribution >= 4 is 51.9 Å². The Morgan fingerprint density at radius 3 is 1.65 bits per heavy atom. The second kappa shape index (κ2) is 20.1. The number of hydrogen-bond donors (Lipinski definition) is 1. The average Bonchev–Trinajstić information content (AvgIpc) is 2.75. The Balaban J connectivity index is -0.000000594. The number of hydrogen-bond acceptors (Lipinski definition) is 2. The molecule has 0 heterocycles. The minimum Gasteiger partial charge on any atom is -0.298 e. The zero-order valence-electron chi connectivity index (χ0n) is 23.5. The van der Waals surface area contributed by atoms with E-state index >= 15 is 0 Å². The molecule has 1 aliphatic carbocycles. The predicted molar refractivity (Wildman–Crippen MR) is 174 cm³/mol. The summed E-state index contributed by atoms with van der Waals surface area (Å²) in [6.45, 7) is 21.6. The van der Waals surface area contributed by atoms with Crippen LogP contribution in [-0.2, 0) is 0 Å². The monoisotopic (exact) mass is 524 g/mol. The fourth-order valence-electron chi connectivity index (χ4n) is 2.70. The highest BCUT2D eigenvalue weighted by Crippen LogP contribution is 2.30. The number of nitrogens with one attached hydrogen (secondary N) is 1. The lowest BCUT2D eigenvalue weighted by Crippen LogP contribution is -2.22. The first kappa shape index (κ1) is 40.0. The van der Waals surface area contributed by atoms with Crippen molar-refractivity contribution in [3.63, 3.8) is 0 Å². The van der Waals surface area contributed by atoms with Crippen LogP contribution in [0.25, 0.3) is 0 Å². The molecule has 0 bridgehead atoms. The van der Waals surface area contributed by atoms with Gasteiger partial charge >= 0.3 is 0 Å². The van der Waals surface area contributed by atoms with Crippen LogP contribution in [0.3, 0.4) is 0 Å². The van der Waals surface area contributed by atoms with Crippen molar-refractivity contribution in [1.82, 2.24) is 0 Å². The molecule has 1 rings (SSSR count). The number of unbranched alkanes of at least 4 members (excludes halogenated alkanes) is 1. The van der Waals surface area contributed by atoms with Crippen LogP contribution in [0.2, 0.25) is 0 Å². The normalized spacial score (nSPS) is 15.6. The van der Waals surface area contributed by atoms with E-state index in [4.69, 9.17) is 5.41 Å². The molecule has 0 aromatic carbocycles. The summed E-state index contributed by atoms with van der Waals surface area (Å²) in [6, 6.07) is 0. The van der Waals surface area contributed by atoms with Gasteiger partial charge in [0.15, 0.2) is 0 Å². The van der Waals surface area contributed by atoms with E-state index in [1.165, 1.54) is 24.0 Å². The third-order valence-electron chi connectivity index (χ3n) is 5.95. The van der Waals surface area contributed by atoms with E-state index < -0.39 is 0 Å². The van der Waals surface area contributed by atoms with Gasteiger partial charge in [-0.15, -0.1) is 0 Å². The number of aliphatic imine (C=N–C) groups is 1. The van der Waals surface area contributed by atoms with Gasteiger partial charge in [0.25, 0.3) is 0 Å². The fraction of sp³-hybridized carbons (Fsp3) is 0.517. The van der Waals surface area contributed by atoms with Crippen molar-refractivity contribution in [2.45, 2.75) is 88.5 Å². The zero-order valence-corrected chi connectivity index (χ0v) is 26.5.